The van der Waals surface area contributed by atoms with Gasteiger partial charge in [0.05, 0.1) is 0 Å². The van der Waals surface area contributed by atoms with E-state index in [9.17, 15) is 9.59 Å². The minimum atomic E-state index is -0.101. The molecule has 0 radical (unpaired) electrons. The lowest BCUT2D eigenvalue weighted by molar-refractivity contribution is -0.121. The van der Waals surface area contributed by atoms with Crippen molar-refractivity contribution in [1.29, 1.82) is 0 Å². The van der Waals surface area contributed by atoms with Crippen LogP contribution < -0.4 is 4.90 Å². The molecule has 96 valence electrons. The molecule has 2 rings (SSSR count). The number of nitrogens with zero attached hydrogens (tertiary/aromatic N) is 1. The predicted octanol–water partition coefficient (Wildman–Crippen LogP) is 2.69. The van der Waals surface area contributed by atoms with Crippen LogP contribution in [-0.4, -0.2) is 25.7 Å². The molecule has 1 aromatic rings. The Kier molecular flexibility index (Phi) is 3.80. The van der Waals surface area contributed by atoms with Crippen molar-refractivity contribution in [2.45, 2.75) is 25.7 Å². The second kappa shape index (κ2) is 5.34. The summed E-state index contributed by atoms with van der Waals surface area (Å²) in [5.74, 6) is 0.245. The molecule has 0 spiro atoms. The van der Waals surface area contributed by atoms with Gasteiger partial charge in [0, 0.05) is 44.1 Å². The summed E-state index contributed by atoms with van der Waals surface area (Å²) in [6.45, 7) is 0. The van der Waals surface area contributed by atoms with Crippen molar-refractivity contribution < 1.29 is 9.59 Å². The van der Waals surface area contributed by atoms with Crippen LogP contribution in [0.15, 0.2) is 24.3 Å². The van der Waals surface area contributed by atoms with Gasteiger partial charge in [0.25, 0.3) is 0 Å². The van der Waals surface area contributed by atoms with Crippen LogP contribution in [0.3, 0.4) is 0 Å². The SMILES string of the molecule is CN(C)c1ccc(C(=O)C2CCCC(=O)C2)cc1. The topological polar surface area (TPSA) is 37.4 Å². The van der Waals surface area contributed by atoms with Crippen LogP contribution in [0, 0.1) is 5.92 Å². The van der Waals surface area contributed by atoms with Crippen molar-refractivity contribution in [2.75, 3.05) is 19.0 Å². The zero-order chi connectivity index (χ0) is 13.1. The van der Waals surface area contributed by atoms with Crippen LogP contribution >= 0.6 is 0 Å². The monoisotopic (exact) mass is 245 g/mol. The molecule has 1 saturated carbocycles. The van der Waals surface area contributed by atoms with Crippen LogP contribution in [0.5, 0.6) is 0 Å². The smallest absolute Gasteiger partial charge is 0.166 e. The number of hydrogen-bond acceptors (Lipinski definition) is 3. The lowest BCUT2D eigenvalue weighted by Gasteiger charge is -2.20. The predicted molar refractivity (Wildman–Crippen MR) is 72.1 cm³/mol. The average molecular weight is 245 g/mol. The van der Waals surface area contributed by atoms with E-state index in [1.807, 2.05) is 43.3 Å². The lowest BCUT2D eigenvalue weighted by Crippen LogP contribution is -2.23. The third-order valence-corrected chi connectivity index (χ3v) is 3.52. The molecule has 3 heteroatoms. The maximum Gasteiger partial charge on any atom is 0.166 e. The van der Waals surface area contributed by atoms with Gasteiger partial charge in [-0.25, -0.2) is 0 Å². The maximum atomic E-state index is 12.3. The number of benzene rings is 1. The normalized spacial score (nSPS) is 19.7. The van der Waals surface area contributed by atoms with E-state index in [4.69, 9.17) is 0 Å². The minimum Gasteiger partial charge on any atom is -0.378 e. The molecule has 0 aliphatic heterocycles. The molecule has 1 aliphatic rings. The summed E-state index contributed by atoms with van der Waals surface area (Å²) in [6, 6.07) is 7.60. The number of hydrogen-bond donors (Lipinski definition) is 0. The third-order valence-electron chi connectivity index (χ3n) is 3.52. The van der Waals surface area contributed by atoms with Crippen LogP contribution in [0.25, 0.3) is 0 Å². The van der Waals surface area contributed by atoms with E-state index >= 15 is 0 Å². The molecule has 0 heterocycles. The van der Waals surface area contributed by atoms with Gasteiger partial charge in [-0.15, -0.1) is 0 Å². The first kappa shape index (κ1) is 12.8. The van der Waals surface area contributed by atoms with Crippen molar-refractivity contribution >= 4 is 17.3 Å². The van der Waals surface area contributed by atoms with E-state index in [1.54, 1.807) is 0 Å². The second-order valence-electron chi connectivity index (χ2n) is 5.14. The molecule has 3 nitrogen and oxygen atoms in total. The molecule has 1 aromatic carbocycles. The maximum absolute atomic E-state index is 12.3. The van der Waals surface area contributed by atoms with Crippen LogP contribution in [0.4, 0.5) is 5.69 Å². The molecular weight excluding hydrogens is 226 g/mol. The largest absolute Gasteiger partial charge is 0.378 e. The summed E-state index contributed by atoms with van der Waals surface area (Å²) in [4.78, 5) is 25.7. The fourth-order valence-electron chi connectivity index (χ4n) is 2.41. The fourth-order valence-corrected chi connectivity index (χ4v) is 2.41. The first-order chi connectivity index (χ1) is 8.58. The molecule has 0 saturated heterocycles. The molecule has 18 heavy (non-hydrogen) atoms. The fraction of sp³-hybridized carbons (Fsp3) is 0.467. The standard InChI is InChI=1S/C15H19NO2/c1-16(2)13-8-6-11(7-9-13)15(18)12-4-3-5-14(17)10-12/h6-9,12H,3-5,10H2,1-2H3. The van der Waals surface area contributed by atoms with Gasteiger partial charge in [-0.05, 0) is 37.1 Å². The van der Waals surface area contributed by atoms with E-state index in [0.717, 1.165) is 24.1 Å². The van der Waals surface area contributed by atoms with Crippen LogP contribution in [-0.2, 0) is 4.79 Å². The Morgan fingerprint density at radius 3 is 2.44 bits per heavy atom. The summed E-state index contributed by atoms with van der Waals surface area (Å²) in [5.41, 5.74) is 1.80. The Hall–Kier alpha value is -1.64. The summed E-state index contributed by atoms with van der Waals surface area (Å²) in [5, 5.41) is 0. The van der Waals surface area contributed by atoms with E-state index in [0.29, 0.717) is 12.8 Å². The van der Waals surface area contributed by atoms with Crippen molar-refractivity contribution in [2.24, 2.45) is 5.92 Å². The van der Waals surface area contributed by atoms with Crippen molar-refractivity contribution in [3.8, 4) is 0 Å². The Labute approximate surface area is 108 Å². The highest BCUT2D eigenvalue weighted by Crippen LogP contribution is 2.25. The summed E-state index contributed by atoms with van der Waals surface area (Å²) >= 11 is 0. The summed E-state index contributed by atoms with van der Waals surface area (Å²) in [7, 11) is 3.94. The molecular formula is C15H19NO2. The quantitative estimate of drug-likeness (QED) is 0.768. The number of carbonyl (C=O) groups excluding carboxylic acids is 2. The lowest BCUT2D eigenvalue weighted by atomic mass is 9.83. The van der Waals surface area contributed by atoms with Gasteiger partial charge >= 0.3 is 0 Å². The molecule has 0 bridgehead atoms. The highest BCUT2D eigenvalue weighted by molar-refractivity contribution is 6.00. The zero-order valence-electron chi connectivity index (χ0n) is 11.0. The molecule has 0 aromatic heterocycles. The number of anilines is 1. The molecule has 1 atom stereocenters. The number of rotatable bonds is 3. The first-order valence-electron chi connectivity index (χ1n) is 6.41. The third kappa shape index (κ3) is 2.78. The molecule has 1 unspecified atom stereocenters. The molecule has 0 amide bonds. The van der Waals surface area contributed by atoms with E-state index < -0.39 is 0 Å². The minimum absolute atomic E-state index is 0.101. The highest BCUT2D eigenvalue weighted by atomic mass is 16.1. The van der Waals surface area contributed by atoms with E-state index in [1.165, 1.54) is 0 Å². The van der Waals surface area contributed by atoms with Crippen molar-refractivity contribution in [3.63, 3.8) is 0 Å². The van der Waals surface area contributed by atoms with Gasteiger partial charge in [-0.3, -0.25) is 9.59 Å². The summed E-state index contributed by atoms with van der Waals surface area (Å²) < 4.78 is 0. The molecule has 1 fully saturated rings. The number of Topliss-reactive ketones (excluding diaryl/α,β-unsaturated/α-hetero) is 2. The van der Waals surface area contributed by atoms with E-state index in [-0.39, 0.29) is 17.5 Å². The Balaban J connectivity index is 2.10. The Bertz CT molecular complexity index is 448. The Morgan fingerprint density at radius 1 is 1.22 bits per heavy atom. The average Bonchev–Trinajstić information content (AvgIpc) is 2.38. The van der Waals surface area contributed by atoms with Gasteiger partial charge < -0.3 is 4.90 Å². The van der Waals surface area contributed by atoms with Crippen LogP contribution in [0.2, 0.25) is 0 Å². The van der Waals surface area contributed by atoms with Crippen molar-refractivity contribution in [3.05, 3.63) is 29.8 Å². The van der Waals surface area contributed by atoms with Gasteiger partial charge in [0.2, 0.25) is 0 Å². The van der Waals surface area contributed by atoms with E-state index in [2.05, 4.69) is 0 Å². The first-order valence-corrected chi connectivity index (χ1v) is 6.41. The number of ketones is 2. The zero-order valence-corrected chi connectivity index (χ0v) is 11.0. The van der Waals surface area contributed by atoms with Gasteiger partial charge in [0.15, 0.2) is 5.78 Å². The molecule has 1 aliphatic carbocycles. The Morgan fingerprint density at radius 2 is 1.89 bits per heavy atom. The highest BCUT2D eigenvalue weighted by Gasteiger charge is 2.26. The van der Waals surface area contributed by atoms with Gasteiger partial charge in [-0.2, -0.15) is 0 Å². The number of carbonyl (C=O) groups is 2. The second-order valence-corrected chi connectivity index (χ2v) is 5.14. The molecule has 0 N–H and O–H groups in total. The van der Waals surface area contributed by atoms with Gasteiger partial charge in [0.1, 0.15) is 5.78 Å². The van der Waals surface area contributed by atoms with Crippen molar-refractivity contribution in [1.82, 2.24) is 0 Å². The van der Waals surface area contributed by atoms with Crippen LogP contribution in [0.1, 0.15) is 36.0 Å². The summed E-state index contributed by atoms with van der Waals surface area (Å²) in [6.07, 6.45) is 2.77. The van der Waals surface area contributed by atoms with Gasteiger partial charge in [-0.1, -0.05) is 0 Å².